The molecule has 0 aliphatic carbocycles. The number of benzene rings is 1. The SMILES string of the molecule is CC(C)C[C@@H](Nc1nc(Nc2ccc3cccnc3c2)c(C(N)=O)c(=O)[nH]1)C(N)=O. The van der Waals surface area contributed by atoms with Crippen LogP contribution in [0, 0.1) is 5.92 Å². The van der Waals surface area contributed by atoms with Crippen LogP contribution in [0.15, 0.2) is 41.3 Å². The Labute approximate surface area is 172 Å². The van der Waals surface area contributed by atoms with Crippen LogP contribution in [-0.2, 0) is 4.79 Å². The van der Waals surface area contributed by atoms with Gasteiger partial charge in [0.2, 0.25) is 11.9 Å². The minimum Gasteiger partial charge on any atom is -0.368 e. The molecule has 0 unspecified atom stereocenters. The lowest BCUT2D eigenvalue weighted by Gasteiger charge is -2.18. The molecule has 1 atom stereocenters. The number of amides is 2. The largest absolute Gasteiger partial charge is 0.368 e. The average molecular weight is 409 g/mol. The Balaban J connectivity index is 1.99. The number of fused-ring (bicyclic) bond motifs is 1. The summed E-state index contributed by atoms with van der Waals surface area (Å²) >= 11 is 0. The predicted octanol–water partition coefficient (Wildman–Crippen LogP) is 1.47. The summed E-state index contributed by atoms with van der Waals surface area (Å²) in [5.74, 6) is -1.40. The van der Waals surface area contributed by atoms with Gasteiger partial charge < -0.3 is 22.1 Å². The fourth-order valence-electron chi connectivity index (χ4n) is 3.02. The van der Waals surface area contributed by atoms with E-state index in [1.807, 2.05) is 32.0 Å². The van der Waals surface area contributed by atoms with Crippen molar-refractivity contribution in [1.82, 2.24) is 15.0 Å². The van der Waals surface area contributed by atoms with Crippen LogP contribution in [0.2, 0.25) is 0 Å². The van der Waals surface area contributed by atoms with Crippen molar-refractivity contribution in [2.75, 3.05) is 10.6 Å². The Bertz CT molecular complexity index is 1160. The number of nitrogens with one attached hydrogen (secondary N) is 3. The lowest BCUT2D eigenvalue weighted by Crippen LogP contribution is -2.38. The first-order valence-electron chi connectivity index (χ1n) is 9.36. The van der Waals surface area contributed by atoms with E-state index in [1.54, 1.807) is 18.3 Å². The van der Waals surface area contributed by atoms with Crippen LogP contribution >= 0.6 is 0 Å². The first-order chi connectivity index (χ1) is 14.2. The highest BCUT2D eigenvalue weighted by atomic mass is 16.2. The van der Waals surface area contributed by atoms with Crippen molar-refractivity contribution in [3.8, 4) is 0 Å². The molecule has 0 aliphatic heterocycles. The summed E-state index contributed by atoms with van der Waals surface area (Å²) in [5.41, 5.74) is 11.0. The molecule has 7 N–H and O–H groups in total. The molecular weight excluding hydrogens is 386 g/mol. The van der Waals surface area contributed by atoms with E-state index >= 15 is 0 Å². The summed E-state index contributed by atoms with van der Waals surface area (Å²) in [6, 6.07) is 8.34. The van der Waals surface area contributed by atoms with Crippen LogP contribution in [-0.4, -0.2) is 32.8 Å². The molecule has 1 aromatic carbocycles. The van der Waals surface area contributed by atoms with Gasteiger partial charge in [-0.1, -0.05) is 26.0 Å². The summed E-state index contributed by atoms with van der Waals surface area (Å²) in [7, 11) is 0. The van der Waals surface area contributed by atoms with Gasteiger partial charge in [0, 0.05) is 17.3 Å². The molecule has 156 valence electrons. The maximum Gasteiger partial charge on any atom is 0.267 e. The highest BCUT2D eigenvalue weighted by Crippen LogP contribution is 2.22. The van der Waals surface area contributed by atoms with Gasteiger partial charge in [-0.05, 0) is 30.5 Å². The van der Waals surface area contributed by atoms with Gasteiger partial charge in [0.05, 0.1) is 5.52 Å². The van der Waals surface area contributed by atoms with Gasteiger partial charge in [-0.2, -0.15) is 4.98 Å². The predicted molar refractivity (Wildman–Crippen MR) is 114 cm³/mol. The molecule has 10 nitrogen and oxygen atoms in total. The van der Waals surface area contributed by atoms with Gasteiger partial charge in [-0.25, -0.2) is 0 Å². The summed E-state index contributed by atoms with van der Waals surface area (Å²) in [6.45, 7) is 3.87. The summed E-state index contributed by atoms with van der Waals surface area (Å²) in [5, 5.41) is 6.70. The minimum absolute atomic E-state index is 0.00383. The van der Waals surface area contributed by atoms with E-state index in [0.29, 0.717) is 12.1 Å². The zero-order valence-electron chi connectivity index (χ0n) is 16.6. The Hall–Kier alpha value is -3.95. The smallest absolute Gasteiger partial charge is 0.267 e. The van der Waals surface area contributed by atoms with Crippen molar-refractivity contribution in [3.05, 3.63) is 52.4 Å². The van der Waals surface area contributed by atoms with Crippen molar-refractivity contribution in [2.24, 2.45) is 17.4 Å². The van der Waals surface area contributed by atoms with E-state index in [4.69, 9.17) is 11.5 Å². The molecule has 2 heterocycles. The maximum absolute atomic E-state index is 12.5. The molecule has 0 fully saturated rings. The molecule has 0 bridgehead atoms. The number of aromatic nitrogens is 3. The quantitative estimate of drug-likeness (QED) is 0.375. The Morgan fingerprint density at radius 3 is 2.63 bits per heavy atom. The van der Waals surface area contributed by atoms with Crippen molar-refractivity contribution < 1.29 is 9.59 Å². The molecule has 3 rings (SSSR count). The molecular formula is C20H23N7O3. The van der Waals surface area contributed by atoms with E-state index in [-0.39, 0.29) is 23.2 Å². The van der Waals surface area contributed by atoms with E-state index in [9.17, 15) is 14.4 Å². The first-order valence-corrected chi connectivity index (χ1v) is 9.36. The van der Waals surface area contributed by atoms with Gasteiger partial charge in [0.1, 0.15) is 11.6 Å². The average Bonchev–Trinajstić information content (AvgIpc) is 2.66. The van der Waals surface area contributed by atoms with Crippen LogP contribution in [0.3, 0.4) is 0 Å². The maximum atomic E-state index is 12.5. The summed E-state index contributed by atoms with van der Waals surface area (Å²) in [4.78, 5) is 47.0. The Kier molecular flexibility index (Phi) is 5.95. The highest BCUT2D eigenvalue weighted by molar-refractivity contribution is 5.98. The lowest BCUT2D eigenvalue weighted by molar-refractivity contribution is -0.119. The van der Waals surface area contributed by atoms with Crippen LogP contribution < -0.4 is 27.7 Å². The van der Waals surface area contributed by atoms with Gasteiger partial charge in [0.25, 0.3) is 11.5 Å². The third kappa shape index (κ3) is 4.72. The third-order valence-electron chi connectivity index (χ3n) is 4.40. The second-order valence-electron chi connectivity index (χ2n) is 7.27. The normalized spacial score (nSPS) is 12.0. The van der Waals surface area contributed by atoms with Crippen molar-refractivity contribution in [1.29, 1.82) is 0 Å². The lowest BCUT2D eigenvalue weighted by atomic mass is 10.0. The number of carbonyl (C=O) groups is 2. The molecule has 0 radical (unpaired) electrons. The third-order valence-corrected chi connectivity index (χ3v) is 4.40. The molecule has 3 aromatic rings. The summed E-state index contributed by atoms with van der Waals surface area (Å²) in [6.07, 6.45) is 2.10. The van der Waals surface area contributed by atoms with Crippen molar-refractivity contribution >= 4 is 40.2 Å². The topological polar surface area (TPSA) is 169 Å². The second-order valence-corrected chi connectivity index (χ2v) is 7.27. The van der Waals surface area contributed by atoms with Gasteiger partial charge >= 0.3 is 0 Å². The minimum atomic E-state index is -0.939. The number of hydrogen-bond donors (Lipinski definition) is 5. The molecule has 30 heavy (non-hydrogen) atoms. The second kappa shape index (κ2) is 8.60. The highest BCUT2D eigenvalue weighted by Gasteiger charge is 2.21. The van der Waals surface area contributed by atoms with Gasteiger partial charge in [-0.3, -0.25) is 24.4 Å². The van der Waals surface area contributed by atoms with E-state index in [1.165, 1.54) is 0 Å². The molecule has 2 amide bonds. The Morgan fingerprint density at radius 1 is 1.20 bits per heavy atom. The number of primary amides is 2. The summed E-state index contributed by atoms with van der Waals surface area (Å²) < 4.78 is 0. The number of aromatic amines is 1. The van der Waals surface area contributed by atoms with E-state index in [0.717, 1.165) is 10.9 Å². The zero-order valence-corrected chi connectivity index (χ0v) is 16.6. The van der Waals surface area contributed by atoms with Crippen LogP contribution in [0.5, 0.6) is 0 Å². The molecule has 0 aliphatic rings. The molecule has 0 saturated heterocycles. The van der Waals surface area contributed by atoms with Crippen molar-refractivity contribution in [3.63, 3.8) is 0 Å². The first kappa shape index (κ1) is 20.8. The fourth-order valence-corrected chi connectivity index (χ4v) is 3.02. The molecule has 0 spiro atoms. The number of H-pyrrole nitrogens is 1. The zero-order chi connectivity index (χ0) is 21.8. The Morgan fingerprint density at radius 2 is 1.97 bits per heavy atom. The van der Waals surface area contributed by atoms with Gasteiger partial charge in [-0.15, -0.1) is 0 Å². The number of rotatable bonds is 8. The van der Waals surface area contributed by atoms with Crippen LogP contribution in [0.1, 0.15) is 30.6 Å². The number of pyridine rings is 1. The monoisotopic (exact) mass is 409 g/mol. The number of nitrogens with two attached hydrogens (primary N) is 2. The fraction of sp³-hybridized carbons (Fsp3) is 0.250. The van der Waals surface area contributed by atoms with E-state index in [2.05, 4.69) is 25.6 Å². The van der Waals surface area contributed by atoms with Crippen LogP contribution in [0.4, 0.5) is 17.5 Å². The van der Waals surface area contributed by atoms with Crippen molar-refractivity contribution in [2.45, 2.75) is 26.3 Å². The molecule has 10 heteroatoms. The molecule has 2 aromatic heterocycles. The number of hydrogen-bond acceptors (Lipinski definition) is 7. The number of nitrogens with zero attached hydrogens (tertiary/aromatic N) is 2. The standard InChI is InChI=1S/C20H23N7O3/c1-10(2)8-14(16(21)28)25-20-26-18(15(17(22)29)19(30)27-20)24-12-6-5-11-4-3-7-23-13(11)9-12/h3-7,9-10,14H,8H2,1-2H3,(H2,21,28)(H2,22,29)(H3,24,25,26,27,30)/t14-/m1/s1. The van der Waals surface area contributed by atoms with Gasteiger partial charge in [0.15, 0.2) is 5.82 Å². The molecule has 0 saturated carbocycles. The number of anilines is 3. The number of carbonyl (C=O) groups excluding carboxylic acids is 2. The van der Waals surface area contributed by atoms with Crippen LogP contribution in [0.25, 0.3) is 10.9 Å². The van der Waals surface area contributed by atoms with E-state index < -0.39 is 23.4 Å².